The molecule has 1 heterocycles. The zero-order valence-electron chi connectivity index (χ0n) is 12.7. The van der Waals surface area contributed by atoms with E-state index in [9.17, 15) is 13.2 Å². The summed E-state index contributed by atoms with van der Waals surface area (Å²) in [5.74, 6) is -0.204. The van der Waals surface area contributed by atoms with Crippen molar-refractivity contribution in [2.45, 2.75) is 18.1 Å². The molecule has 1 aromatic carbocycles. The Bertz CT molecular complexity index is 803. The lowest BCUT2D eigenvalue weighted by atomic mass is 10.3. The van der Waals surface area contributed by atoms with E-state index < -0.39 is 10.0 Å². The predicted molar refractivity (Wildman–Crippen MR) is 93.7 cm³/mol. The van der Waals surface area contributed by atoms with Crippen LogP contribution in [0.15, 0.2) is 40.6 Å². The van der Waals surface area contributed by atoms with Crippen LogP contribution in [0.5, 0.6) is 0 Å². The molecule has 0 saturated heterocycles. The number of para-hydroxylation sites is 1. The number of hydrogen-bond donors (Lipinski definition) is 1. The molecule has 1 aromatic heterocycles. The largest absolute Gasteiger partial charge is 0.310 e. The molecule has 0 radical (unpaired) electrons. The number of rotatable bonds is 6. The van der Waals surface area contributed by atoms with E-state index in [1.165, 1.54) is 23.2 Å². The molecule has 0 aliphatic rings. The second kappa shape index (κ2) is 7.44. The number of benzene rings is 1. The third-order valence-electron chi connectivity index (χ3n) is 3.13. The van der Waals surface area contributed by atoms with E-state index in [4.69, 9.17) is 11.6 Å². The first-order valence-corrected chi connectivity index (χ1v) is 9.58. The maximum Gasteiger partial charge on any atom is 0.250 e. The number of halogens is 1. The average Bonchev–Trinajstić information content (AvgIpc) is 2.92. The number of nitrogens with one attached hydrogen (secondary N) is 1. The molecular formula is C15H17ClN2O3S2. The number of thiophene rings is 1. The number of carbonyl (C=O) groups is 1. The third-order valence-corrected chi connectivity index (χ3v) is 6.40. The highest BCUT2D eigenvalue weighted by molar-refractivity contribution is 7.91. The first-order chi connectivity index (χ1) is 10.8. The quantitative estimate of drug-likeness (QED) is 0.847. The lowest BCUT2D eigenvalue weighted by Gasteiger charge is -2.22. The van der Waals surface area contributed by atoms with Crippen molar-refractivity contribution >= 4 is 44.6 Å². The SMILES string of the molecule is CC(=O)N(CCNS(=O)(=O)c1ccc(C)s1)c1ccccc1Cl. The summed E-state index contributed by atoms with van der Waals surface area (Å²) in [6.45, 7) is 3.56. The lowest BCUT2D eigenvalue weighted by molar-refractivity contribution is -0.116. The van der Waals surface area contributed by atoms with Gasteiger partial charge >= 0.3 is 0 Å². The number of nitrogens with zero attached hydrogens (tertiary/aromatic N) is 1. The molecule has 8 heteroatoms. The van der Waals surface area contributed by atoms with Gasteiger partial charge in [-0.25, -0.2) is 13.1 Å². The van der Waals surface area contributed by atoms with Crippen LogP contribution in [0.25, 0.3) is 0 Å². The Balaban J connectivity index is 2.06. The fourth-order valence-corrected chi connectivity index (χ4v) is 4.62. The van der Waals surface area contributed by atoms with E-state index in [0.717, 1.165) is 4.88 Å². The molecule has 0 unspecified atom stereocenters. The number of anilines is 1. The smallest absolute Gasteiger partial charge is 0.250 e. The van der Waals surface area contributed by atoms with Crippen molar-refractivity contribution in [1.29, 1.82) is 0 Å². The van der Waals surface area contributed by atoms with Gasteiger partial charge in [-0.05, 0) is 31.2 Å². The Kier molecular flexibility index (Phi) is 5.80. The molecule has 0 aliphatic carbocycles. The normalized spacial score (nSPS) is 11.4. The Morgan fingerprint density at radius 1 is 1.26 bits per heavy atom. The minimum atomic E-state index is -3.56. The van der Waals surface area contributed by atoms with Crippen molar-refractivity contribution in [2.75, 3.05) is 18.0 Å². The van der Waals surface area contributed by atoms with Crippen LogP contribution >= 0.6 is 22.9 Å². The molecule has 2 aromatic rings. The van der Waals surface area contributed by atoms with Gasteiger partial charge in [0.2, 0.25) is 15.9 Å². The second-order valence-corrected chi connectivity index (χ2v) is 8.57. The summed E-state index contributed by atoms with van der Waals surface area (Å²) in [5.41, 5.74) is 0.563. The van der Waals surface area contributed by atoms with Gasteiger partial charge in [0.15, 0.2) is 0 Å². The van der Waals surface area contributed by atoms with Crippen LogP contribution in [0, 0.1) is 6.92 Å². The third kappa shape index (κ3) is 4.54. The van der Waals surface area contributed by atoms with Crippen molar-refractivity contribution < 1.29 is 13.2 Å². The molecule has 5 nitrogen and oxygen atoms in total. The van der Waals surface area contributed by atoms with Gasteiger partial charge in [-0.3, -0.25) is 4.79 Å². The minimum Gasteiger partial charge on any atom is -0.310 e. The summed E-state index contributed by atoms with van der Waals surface area (Å²) in [6, 6.07) is 10.3. The van der Waals surface area contributed by atoms with E-state index in [0.29, 0.717) is 10.7 Å². The van der Waals surface area contributed by atoms with Crippen molar-refractivity contribution in [1.82, 2.24) is 4.72 Å². The topological polar surface area (TPSA) is 66.5 Å². The molecule has 2 rings (SSSR count). The predicted octanol–water partition coefficient (Wildman–Crippen LogP) is 3.04. The van der Waals surface area contributed by atoms with Gasteiger partial charge in [-0.15, -0.1) is 11.3 Å². The highest BCUT2D eigenvalue weighted by Crippen LogP contribution is 2.25. The number of sulfonamides is 1. The number of hydrogen-bond acceptors (Lipinski definition) is 4. The van der Waals surface area contributed by atoms with Crippen LogP contribution in [-0.2, 0) is 14.8 Å². The van der Waals surface area contributed by atoms with Gasteiger partial charge in [-0.1, -0.05) is 23.7 Å². The highest BCUT2D eigenvalue weighted by Gasteiger charge is 2.18. The first kappa shape index (κ1) is 17.9. The van der Waals surface area contributed by atoms with Crippen LogP contribution in [0.1, 0.15) is 11.8 Å². The minimum absolute atomic E-state index is 0.101. The maximum absolute atomic E-state index is 12.2. The summed E-state index contributed by atoms with van der Waals surface area (Å²) in [5, 5.41) is 0.444. The molecule has 0 aliphatic heterocycles. The number of amides is 1. The molecule has 0 atom stereocenters. The lowest BCUT2D eigenvalue weighted by Crippen LogP contribution is -2.37. The van der Waals surface area contributed by atoms with Gasteiger partial charge in [0, 0.05) is 24.9 Å². The van der Waals surface area contributed by atoms with E-state index >= 15 is 0 Å². The standard InChI is InChI=1S/C15H17ClN2O3S2/c1-11-7-8-15(22-11)23(20,21)17-9-10-18(12(2)19)14-6-4-3-5-13(14)16/h3-8,17H,9-10H2,1-2H3. The van der Waals surface area contributed by atoms with Crippen LogP contribution in [0.2, 0.25) is 5.02 Å². The fraction of sp³-hybridized carbons (Fsp3) is 0.267. The van der Waals surface area contributed by atoms with Crippen molar-refractivity contribution in [2.24, 2.45) is 0 Å². The van der Waals surface area contributed by atoms with Crippen LogP contribution in [0.4, 0.5) is 5.69 Å². The van der Waals surface area contributed by atoms with Crippen molar-refractivity contribution in [3.63, 3.8) is 0 Å². The molecule has 23 heavy (non-hydrogen) atoms. The Labute approximate surface area is 144 Å². The van der Waals surface area contributed by atoms with Gasteiger partial charge < -0.3 is 4.90 Å². The molecule has 1 amide bonds. The van der Waals surface area contributed by atoms with Gasteiger partial charge in [0.05, 0.1) is 10.7 Å². The summed E-state index contributed by atoms with van der Waals surface area (Å²) < 4.78 is 27.1. The maximum atomic E-state index is 12.2. The number of carbonyl (C=O) groups excluding carboxylic acids is 1. The van der Waals surface area contributed by atoms with Gasteiger partial charge in [-0.2, -0.15) is 0 Å². The first-order valence-electron chi connectivity index (χ1n) is 6.90. The summed E-state index contributed by atoms with van der Waals surface area (Å²) in [7, 11) is -3.56. The van der Waals surface area contributed by atoms with Crippen LogP contribution < -0.4 is 9.62 Å². The second-order valence-electron chi connectivity index (χ2n) is 4.88. The van der Waals surface area contributed by atoms with Crippen LogP contribution in [-0.4, -0.2) is 27.4 Å². The zero-order chi connectivity index (χ0) is 17.0. The molecule has 0 fully saturated rings. The van der Waals surface area contributed by atoms with E-state index in [1.54, 1.807) is 36.4 Å². The van der Waals surface area contributed by atoms with Gasteiger partial charge in [0.25, 0.3) is 0 Å². The Hall–Kier alpha value is -1.41. The van der Waals surface area contributed by atoms with Crippen molar-refractivity contribution in [3.8, 4) is 0 Å². The molecule has 0 saturated carbocycles. The summed E-state index contributed by atoms with van der Waals surface area (Å²) in [4.78, 5) is 14.2. The Morgan fingerprint density at radius 2 is 1.96 bits per heavy atom. The van der Waals surface area contributed by atoms with Crippen LogP contribution in [0.3, 0.4) is 0 Å². The van der Waals surface area contributed by atoms with Crippen molar-refractivity contribution in [3.05, 3.63) is 46.3 Å². The zero-order valence-corrected chi connectivity index (χ0v) is 15.1. The van der Waals surface area contributed by atoms with Gasteiger partial charge in [0.1, 0.15) is 4.21 Å². The van der Waals surface area contributed by atoms with E-state index in [-0.39, 0.29) is 23.2 Å². The highest BCUT2D eigenvalue weighted by atomic mass is 35.5. The molecule has 0 bridgehead atoms. The molecular weight excluding hydrogens is 356 g/mol. The molecule has 124 valence electrons. The monoisotopic (exact) mass is 372 g/mol. The summed E-state index contributed by atoms with van der Waals surface area (Å²) in [6.07, 6.45) is 0. The summed E-state index contributed by atoms with van der Waals surface area (Å²) >= 11 is 7.31. The molecule has 1 N–H and O–H groups in total. The average molecular weight is 373 g/mol. The fourth-order valence-electron chi connectivity index (χ4n) is 2.04. The number of aryl methyl sites for hydroxylation is 1. The Morgan fingerprint density at radius 3 is 2.52 bits per heavy atom. The molecule has 0 spiro atoms. The van der Waals surface area contributed by atoms with E-state index in [2.05, 4.69) is 4.72 Å². The van der Waals surface area contributed by atoms with E-state index in [1.807, 2.05) is 6.92 Å².